The fourth-order valence-corrected chi connectivity index (χ4v) is 4.67. The molecule has 0 aliphatic rings. The first kappa shape index (κ1) is 24.4. The third kappa shape index (κ3) is 6.48. The highest BCUT2D eigenvalue weighted by molar-refractivity contribution is 7.07. The standard InChI is InChI=1S/C31H27N3O2S/c1-22-17-18-26(21-28(22)36-31-33-29(34-37-31)20-24-13-7-3-8-14-24)30(35)32-27(25-15-9-4-10-16-25)19-23-11-5-2-6-12-23/h2-18,21,27H,19-20H2,1H3,(H,32,35). The molecule has 0 saturated heterocycles. The zero-order chi connectivity index (χ0) is 25.5. The van der Waals surface area contributed by atoms with Crippen LogP contribution in [0.4, 0.5) is 0 Å². The molecule has 0 spiro atoms. The molecule has 0 aliphatic carbocycles. The lowest BCUT2D eigenvalue weighted by Gasteiger charge is -2.20. The number of carbonyl (C=O) groups excluding carboxylic acids is 1. The van der Waals surface area contributed by atoms with Crippen molar-refractivity contribution in [3.8, 4) is 10.9 Å². The number of carbonyl (C=O) groups is 1. The Bertz CT molecular complexity index is 1450. The lowest BCUT2D eigenvalue weighted by atomic mass is 9.98. The van der Waals surface area contributed by atoms with Crippen molar-refractivity contribution in [1.29, 1.82) is 0 Å². The second-order valence-corrected chi connectivity index (χ2v) is 9.56. The molecular formula is C31H27N3O2S. The maximum absolute atomic E-state index is 13.3. The number of nitrogens with zero attached hydrogens (tertiary/aromatic N) is 2. The number of amides is 1. The van der Waals surface area contributed by atoms with Crippen LogP contribution in [0.2, 0.25) is 0 Å². The molecule has 1 amide bonds. The largest absolute Gasteiger partial charge is 0.430 e. The number of hydrogen-bond acceptors (Lipinski definition) is 5. The highest BCUT2D eigenvalue weighted by Crippen LogP contribution is 2.28. The molecule has 1 atom stereocenters. The van der Waals surface area contributed by atoms with Crippen LogP contribution in [-0.4, -0.2) is 15.3 Å². The second-order valence-electron chi connectivity index (χ2n) is 8.85. The molecule has 1 aromatic heterocycles. The molecular weight excluding hydrogens is 478 g/mol. The van der Waals surface area contributed by atoms with Crippen molar-refractivity contribution in [1.82, 2.24) is 14.7 Å². The smallest absolute Gasteiger partial charge is 0.298 e. The van der Waals surface area contributed by atoms with Crippen molar-refractivity contribution in [3.05, 3.63) is 143 Å². The van der Waals surface area contributed by atoms with E-state index in [1.165, 1.54) is 11.5 Å². The van der Waals surface area contributed by atoms with Gasteiger partial charge in [-0.05, 0) is 47.7 Å². The topological polar surface area (TPSA) is 64.1 Å². The van der Waals surface area contributed by atoms with Gasteiger partial charge in [-0.3, -0.25) is 4.79 Å². The molecule has 184 valence electrons. The Labute approximate surface area is 221 Å². The van der Waals surface area contributed by atoms with Gasteiger partial charge in [0.2, 0.25) is 0 Å². The molecule has 4 aromatic carbocycles. The molecule has 0 saturated carbocycles. The first-order chi connectivity index (χ1) is 18.1. The second kappa shape index (κ2) is 11.6. The van der Waals surface area contributed by atoms with Crippen LogP contribution in [0.1, 0.15) is 44.5 Å². The fraction of sp³-hybridized carbons (Fsp3) is 0.129. The Morgan fingerprint density at radius 3 is 2.22 bits per heavy atom. The van der Waals surface area contributed by atoms with E-state index in [4.69, 9.17) is 4.74 Å². The number of ether oxygens (including phenoxy) is 1. The van der Waals surface area contributed by atoms with Crippen molar-refractivity contribution in [3.63, 3.8) is 0 Å². The Kier molecular flexibility index (Phi) is 7.67. The summed E-state index contributed by atoms with van der Waals surface area (Å²) >= 11 is 1.21. The monoisotopic (exact) mass is 505 g/mol. The summed E-state index contributed by atoms with van der Waals surface area (Å²) in [5.74, 6) is 1.15. The number of hydrogen-bond donors (Lipinski definition) is 1. The summed E-state index contributed by atoms with van der Waals surface area (Å²) < 4.78 is 10.5. The molecule has 6 heteroatoms. The van der Waals surface area contributed by atoms with Crippen LogP contribution in [-0.2, 0) is 12.8 Å². The van der Waals surface area contributed by atoms with Gasteiger partial charge in [0, 0.05) is 23.5 Å². The van der Waals surface area contributed by atoms with Gasteiger partial charge in [-0.2, -0.15) is 9.36 Å². The molecule has 37 heavy (non-hydrogen) atoms. The fourth-order valence-electron chi connectivity index (χ4n) is 4.10. The quantitative estimate of drug-likeness (QED) is 0.236. The van der Waals surface area contributed by atoms with Gasteiger partial charge in [-0.15, -0.1) is 0 Å². The molecule has 0 bridgehead atoms. The van der Waals surface area contributed by atoms with E-state index < -0.39 is 0 Å². The summed E-state index contributed by atoms with van der Waals surface area (Å²) in [5.41, 5.74) is 4.81. The maximum atomic E-state index is 13.3. The lowest BCUT2D eigenvalue weighted by molar-refractivity contribution is 0.0936. The average Bonchev–Trinajstić information content (AvgIpc) is 3.37. The SMILES string of the molecule is Cc1ccc(C(=O)NC(Cc2ccccc2)c2ccccc2)cc1Oc1nc(Cc2ccccc2)ns1. The Morgan fingerprint density at radius 1 is 0.865 bits per heavy atom. The minimum Gasteiger partial charge on any atom is -0.430 e. The molecule has 0 radical (unpaired) electrons. The predicted octanol–water partition coefficient (Wildman–Crippen LogP) is 6.94. The number of aromatic nitrogens is 2. The van der Waals surface area contributed by atoms with Gasteiger partial charge >= 0.3 is 0 Å². The van der Waals surface area contributed by atoms with Crippen molar-refractivity contribution < 1.29 is 9.53 Å². The van der Waals surface area contributed by atoms with E-state index in [1.807, 2.05) is 97.9 Å². The van der Waals surface area contributed by atoms with Gasteiger partial charge in [0.05, 0.1) is 6.04 Å². The minimum atomic E-state index is -0.162. The lowest BCUT2D eigenvalue weighted by Crippen LogP contribution is -2.30. The molecule has 1 unspecified atom stereocenters. The first-order valence-corrected chi connectivity index (χ1v) is 13.0. The van der Waals surface area contributed by atoms with Crippen LogP contribution in [0, 0.1) is 6.92 Å². The first-order valence-electron chi connectivity index (χ1n) is 12.2. The van der Waals surface area contributed by atoms with E-state index >= 15 is 0 Å². The van der Waals surface area contributed by atoms with Crippen molar-refractivity contribution in [2.24, 2.45) is 0 Å². The summed E-state index contributed by atoms with van der Waals surface area (Å²) in [6.07, 6.45) is 1.34. The van der Waals surface area contributed by atoms with Crippen molar-refractivity contribution in [2.75, 3.05) is 0 Å². The number of aryl methyl sites for hydroxylation is 1. The number of benzene rings is 4. The molecule has 0 aliphatic heterocycles. The normalized spacial score (nSPS) is 11.6. The van der Waals surface area contributed by atoms with E-state index in [-0.39, 0.29) is 11.9 Å². The Hall–Kier alpha value is -4.29. The van der Waals surface area contributed by atoms with Crippen LogP contribution < -0.4 is 10.1 Å². The highest BCUT2D eigenvalue weighted by Gasteiger charge is 2.18. The highest BCUT2D eigenvalue weighted by atomic mass is 32.1. The summed E-state index contributed by atoms with van der Waals surface area (Å²) in [6, 6.07) is 35.6. The predicted molar refractivity (Wildman–Crippen MR) is 147 cm³/mol. The van der Waals surface area contributed by atoms with E-state index in [0.717, 1.165) is 22.3 Å². The van der Waals surface area contributed by atoms with Gasteiger partial charge in [0.25, 0.3) is 11.1 Å². The Balaban J connectivity index is 1.31. The average molecular weight is 506 g/mol. The van der Waals surface area contributed by atoms with E-state index in [2.05, 4.69) is 26.8 Å². The number of rotatable bonds is 9. The van der Waals surface area contributed by atoms with Gasteiger partial charge in [0.15, 0.2) is 5.82 Å². The van der Waals surface area contributed by atoms with Crippen molar-refractivity contribution >= 4 is 17.4 Å². The van der Waals surface area contributed by atoms with Crippen LogP contribution in [0.3, 0.4) is 0 Å². The molecule has 5 nitrogen and oxygen atoms in total. The van der Waals surface area contributed by atoms with E-state index in [9.17, 15) is 4.79 Å². The molecule has 1 N–H and O–H groups in total. The minimum absolute atomic E-state index is 0.156. The summed E-state index contributed by atoms with van der Waals surface area (Å²) in [5, 5.41) is 3.68. The van der Waals surface area contributed by atoms with E-state index in [0.29, 0.717) is 35.2 Å². The Morgan fingerprint density at radius 2 is 1.51 bits per heavy atom. The molecule has 1 heterocycles. The molecule has 5 aromatic rings. The van der Waals surface area contributed by atoms with Crippen LogP contribution in [0.15, 0.2) is 109 Å². The third-order valence-electron chi connectivity index (χ3n) is 6.09. The van der Waals surface area contributed by atoms with Gasteiger partial charge in [-0.1, -0.05) is 97.1 Å². The van der Waals surface area contributed by atoms with Crippen LogP contribution in [0.5, 0.6) is 10.9 Å². The van der Waals surface area contributed by atoms with E-state index in [1.54, 1.807) is 6.07 Å². The maximum Gasteiger partial charge on any atom is 0.298 e. The van der Waals surface area contributed by atoms with Crippen LogP contribution in [0.25, 0.3) is 0 Å². The van der Waals surface area contributed by atoms with Crippen molar-refractivity contribution in [2.45, 2.75) is 25.8 Å². The number of nitrogens with one attached hydrogen (secondary N) is 1. The summed E-state index contributed by atoms with van der Waals surface area (Å²) in [4.78, 5) is 17.9. The summed E-state index contributed by atoms with van der Waals surface area (Å²) in [7, 11) is 0. The van der Waals surface area contributed by atoms with Gasteiger partial charge < -0.3 is 10.1 Å². The molecule has 5 rings (SSSR count). The van der Waals surface area contributed by atoms with Gasteiger partial charge in [0.1, 0.15) is 5.75 Å². The zero-order valence-corrected chi connectivity index (χ0v) is 21.3. The zero-order valence-electron chi connectivity index (χ0n) is 20.5. The molecule has 0 fully saturated rings. The van der Waals surface area contributed by atoms with Gasteiger partial charge in [-0.25, -0.2) is 0 Å². The summed E-state index contributed by atoms with van der Waals surface area (Å²) in [6.45, 7) is 1.95. The third-order valence-corrected chi connectivity index (χ3v) is 6.72. The van der Waals surface area contributed by atoms with Crippen LogP contribution >= 0.6 is 11.5 Å².